The fourth-order valence-electron chi connectivity index (χ4n) is 3.11. The number of benzene rings is 2. The van der Waals surface area contributed by atoms with Crippen LogP contribution in [0.5, 0.6) is 5.75 Å². The van der Waals surface area contributed by atoms with Crippen LogP contribution in [0.15, 0.2) is 36.4 Å². The second-order valence-corrected chi connectivity index (χ2v) is 5.90. The van der Waals surface area contributed by atoms with Crippen LogP contribution in [0, 0.1) is 5.92 Å². The summed E-state index contributed by atoms with van der Waals surface area (Å²) >= 11 is 0. The fraction of sp³-hybridized carbons (Fsp3) is 0.333. The normalized spacial score (nSPS) is 17.0. The van der Waals surface area contributed by atoms with Crippen molar-refractivity contribution >= 4 is 22.8 Å². The van der Waals surface area contributed by atoms with Gasteiger partial charge in [-0.25, -0.2) is 4.79 Å². The monoisotopic (exact) mass is 328 g/mol. The number of likely N-dealkylation sites (tertiary alicyclic amines) is 1. The molecule has 1 aliphatic heterocycles. The number of carboxylic acid groups (broad SMARTS) is 1. The van der Waals surface area contributed by atoms with E-state index in [1.807, 2.05) is 36.4 Å². The number of amides is 2. The Morgan fingerprint density at radius 1 is 1.29 bits per heavy atom. The highest BCUT2D eigenvalue weighted by atomic mass is 16.5. The van der Waals surface area contributed by atoms with E-state index >= 15 is 0 Å². The minimum Gasteiger partial charge on any atom is -0.496 e. The third kappa shape index (κ3) is 3.13. The first-order valence-corrected chi connectivity index (χ1v) is 7.90. The molecule has 1 aliphatic rings. The predicted octanol–water partition coefficient (Wildman–Crippen LogP) is 2.46. The molecule has 0 aliphatic carbocycles. The fourth-order valence-corrected chi connectivity index (χ4v) is 3.11. The largest absolute Gasteiger partial charge is 0.496 e. The number of nitrogens with one attached hydrogen (secondary N) is 1. The molecule has 3 rings (SSSR count). The standard InChI is InChI=1S/C18H20N2O4/c1-24-16-7-6-12-4-2-3-5-14(12)15(16)10-19-18(23)20-9-8-13(11-20)17(21)22/h2-7,13H,8-11H2,1H3,(H,19,23)(H,21,22). The van der Waals surface area contributed by atoms with Gasteiger partial charge in [0.05, 0.1) is 13.0 Å². The summed E-state index contributed by atoms with van der Waals surface area (Å²) in [6.07, 6.45) is 0.500. The van der Waals surface area contributed by atoms with Crippen LogP contribution in [0.1, 0.15) is 12.0 Å². The van der Waals surface area contributed by atoms with Gasteiger partial charge in [-0.05, 0) is 23.3 Å². The second kappa shape index (κ2) is 6.78. The molecule has 0 spiro atoms. The van der Waals surface area contributed by atoms with Gasteiger partial charge in [0.1, 0.15) is 5.75 Å². The summed E-state index contributed by atoms with van der Waals surface area (Å²) in [6, 6.07) is 11.6. The minimum atomic E-state index is -0.846. The Morgan fingerprint density at radius 3 is 2.79 bits per heavy atom. The van der Waals surface area contributed by atoms with E-state index in [1.165, 1.54) is 0 Å². The van der Waals surface area contributed by atoms with E-state index in [1.54, 1.807) is 12.0 Å². The van der Waals surface area contributed by atoms with Gasteiger partial charge >= 0.3 is 12.0 Å². The van der Waals surface area contributed by atoms with Crippen LogP contribution in [0.25, 0.3) is 10.8 Å². The highest BCUT2D eigenvalue weighted by Gasteiger charge is 2.30. The van der Waals surface area contributed by atoms with Gasteiger partial charge in [0.2, 0.25) is 0 Å². The highest BCUT2D eigenvalue weighted by Crippen LogP contribution is 2.28. The molecule has 2 amide bonds. The van der Waals surface area contributed by atoms with Gasteiger partial charge in [0.15, 0.2) is 0 Å². The van der Waals surface area contributed by atoms with E-state index in [0.717, 1.165) is 22.1 Å². The zero-order valence-corrected chi connectivity index (χ0v) is 13.5. The van der Waals surface area contributed by atoms with Crippen LogP contribution in [0.4, 0.5) is 4.79 Å². The molecule has 2 aromatic carbocycles. The van der Waals surface area contributed by atoms with Gasteiger partial charge in [-0.3, -0.25) is 4.79 Å². The SMILES string of the molecule is COc1ccc2ccccc2c1CNC(=O)N1CCC(C(=O)O)C1. The summed E-state index contributed by atoms with van der Waals surface area (Å²) < 4.78 is 5.42. The first-order valence-electron chi connectivity index (χ1n) is 7.90. The number of fused-ring (bicyclic) bond motifs is 1. The molecular formula is C18H20N2O4. The molecule has 1 heterocycles. The molecule has 0 radical (unpaired) electrons. The van der Waals surface area contributed by atoms with Crippen molar-refractivity contribution in [1.82, 2.24) is 10.2 Å². The van der Waals surface area contributed by atoms with Crippen molar-refractivity contribution in [2.45, 2.75) is 13.0 Å². The lowest BCUT2D eigenvalue weighted by molar-refractivity contribution is -0.141. The maximum absolute atomic E-state index is 12.3. The molecule has 0 saturated carbocycles. The number of ether oxygens (including phenoxy) is 1. The first-order chi connectivity index (χ1) is 11.6. The Hall–Kier alpha value is -2.76. The van der Waals surface area contributed by atoms with Crippen LogP contribution < -0.4 is 10.1 Å². The number of carbonyl (C=O) groups excluding carboxylic acids is 1. The number of rotatable bonds is 4. The van der Waals surface area contributed by atoms with Crippen LogP contribution in [-0.2, 0) is 11.3 Å². The number of urea groups is 1. The lowest BCUT2D eigenvalue weighted by Gasteiger charge is -2.18. The quantitative estimate of drug-likeness (QED) is 0.904. The summed E-state index contributed by atoms with van der Waals surface area (Å²) in [5.74, 6) is -0.595. The van der Waals surface area contributed by atoms with E-state index in [0.29, 0.717) is 19.5 Å². The van der Waals surface area contributed by atoms with Crippen molar-refractivity contribution in [3.05, 3.63) is 42.0 Å². The zero-order chi connectivity index (χ0) is 17.1. The van der Waals surface area contributed by atoms with Gasteiger partial charge in [-0.15, -0.1) is 0 Å². The molecule has 1 saturated heterocycles. The van der Waals surface area contributed by atoms with Crippen molar-refractivity contribution in [3.63, 3.8) is 0 Å². The van der Waals surface area contributed by atoms with Gasteiger partial charge < -0.3 is 20.1 Å². The maximum Gasteiger partial charge on any atom is 0.317 e. The summed E-state index contributed by atoms with van der Waals surface area (Å²) in [6.45, 7) is 1.06. The minimum absolute atomic E-state index is 0.242. The molecule has 24 heavy (non-hydrogen) atoms. The van der Waals surface area contributed by atoms with E-state index < -0.39 is 11.9 Å². The average Bonchev–Trinajstić information content (AvgIpc) is 3.09. The van der Waals surface area contributed by atoms with Gasteiger partial charge in [0.25, 0.3) is 0 Å². The zero-order valence-electron chi connectivity index (χ0n) is 13.5. The summed E-state index contributed by atoms with van der Waals surface area (Å²) in [4.78, 5) is 24.9. The average molecular weight is 328 g/mol. The molecule has 0 bridgehead atoms. The molecule has 126 valence electrons. The van der Waals surface area contributed by atoms with E-state index in [4.69, 9.17) is 9.84 Å². The molecule has 2 N–H and O–H groups in total. The molecule has 6 nitrogen and oxygen atoms in total. The topological polar surface area (TPSA) is 78.9 Å². The Kier molecular flexibility index (Phi) is 4.55. The van der Waals surface area contributed by atoms with E-state index in [-0.39, 0.29) is 12.6 Å². The number of aliphatic carboxylic acids is 1. The van der Waals surface area contributed by atoms with Crippen molar-refractivity contribution in [2.24, 2.45) is 5.92 Å². The summed E-state index contributed by atoms with van der Waals surface area (Å²) in [5.41, 5.74) is 0.915. The number of hydrogen-bond donors (Lipinski definition) is 2. The first kappa shape index (κ1) is 16.1. The number of nitrogens with zero attached hydrogens (tertiary/aromatic N) is 1. The maximum atomic E-state index is 12.3. The Balaban J connectivity index is 1.74. The van der Waals surface area contributed by atoms with Crippen LogP contribution in [0.2, 0.25) is 0 Å². The Labute approximate surface area is 140 Å². The van der Waals surface area contributed by atoms with E-state index in [2.05, 4.69) is 5.32 Å². The molecular weight excluding hydrogens is 308 g/mol. The van der Waals surface area contributed by atoms with E-state index in [9.17, 15) is 9.59 Å². The highest BCUT2D eigenvalue weighted by molar-refractivity contribution is 5.88. The van der Waals surface area contributed by atoms with Gasteiger partial charge in [0, 0.05) is 25.2 Å². The van der Waals surface area contributed by atoms with Crippen molar-refractivity contribution in [3.8, 4) is 5.75 Å². The van der Waals surface area contributed by atoms with Gasteiger partial charge in [-0.1, -0.05) is 30.3 Å². The molecule has 1 unspecified atom stereocenters. The van der Waals surface area contributed by atoms with Gasteiger partial charge in [-0.2, -0.15) is 0 Å². The third-order valence-electron chi connectivity index (χ3n) is 4.46. The lowest BCUT2D eigenvalue weighted by atomic mass is 10.0. The number of carboxylic acids is 1. The number of methoxy groups -OCH3 is 1. The molecule has 1 fully saturated rings. The number of hydrogen-bond acceptors (Lipinski definition) is 3. The molecule has 2 aromatic rings. The number of carbonyl (C=O) groups is 2. The van der Waals surface area contributed by atoms with Crippen molar-refractivity contribution in [2.75, 3.05) is 20.2 Å². The lowest BCUT2D eigenvalue weighted by Crippen LogP contribution is -2.38. The van der Waals surface area contributed by atoms with Crippen LogP contribution in [-0.4, -0.2) is 42.2 Å². The molecule has 6 heteroatoms. The molecule has 1 atom stereocenters. The third-order valence-corrected chi connectivity index (χ3v) is 4.46. The second-order valence-electron chi connectivity index (χ2n) is 5.90. The van der Waals surface area contributed by atoms with Crippen molar-refractivity contribution < 1.29 is 19.4 Å². The summed E-state index contributed by atoms with van der Waals surface area (Å²) in [7, 11) is 1.60. The Morgan fingerprint density at radius 2 is 2.08 bits per heavy atom. The smallest absolute Gasteiger partial charge is 0.317 e. The Bertz CT molecular complexity index is 775. The predicted molar refractivity (Wildman–Crippen MR) is 90.1 cm³/mol. The van der Waals surface area contributed by atoms with Crippen molar-refractivity contribution in [1.29, 1.82) is 0 Å². The molecule has 0 aromatic heterocycles. The van der Waals surface area contributed by atoms with Crippen LogP contribution in [0.3, 0.4) is 0 Å². The summed E-state index contributed by atoms with van der Waals surface area (Å²) in [5, 5.41) is 14.0. The van der Waals surface area contributed by atoms with Crippen LogP contribution >= 0.6 is 0 Å².